The van der Waals surface area contributed by atoms with Crippen LogP contribution in [-0.2, 0) is 10.6 Å². The van der Waals surface area contributed by atoms with Crippen molar-refractivity contribution >= 4 is 34.4 Å². The summed E-state index contributed by atoms with van der Waals surface area (Å²) in [5, 5.41) is 0. The summed E-state index contributed by atoms with van der Waals surface area (Å²) < 4.78 is 38.2. The summed E-state index contributed by atoms with van der Waals surface area (Å²) in [6, 6.07) is 4.48. The minimum Gasteiger partial charge on any atom is -0.166 e. The first-order valence-corrected chi connectivity index (χ1v) is 6.54. The molecule has 0 saturated heterocycles. The zero-order chi connectivity index (χ0) is 10.8. The van der Waals surface area contributed by atoms with Gasteiger partial charge in [-0.1, -0.05) is 28.7 Å². The zero-order valence-corrected chi connectivity index (χ0v) is 10.3. The second-order valence-corrected chi connectivity index (χ2v) is 4.28. The van der Waals surface area contributed by atoms with Crippen LogP contribution in [-0.4, -0.2) is 6.26 Å². The number of hydrogen-bond donors (Lipinski definition) is 0. The maximum Gasteiger partial charge on any atom is 0.417 e. The van der Waals surface area contributed by atoms with E-state index in [9.17, 15) is 13.2 Å². The van der Waals surface area contributed by atoms with E-state index in [4.69, 9.17) is 0 Å². The third kappa shape index (κ3) is 2.79. The Morgan fingerprint density at radius 2 is 2.00 bits per heavy atom. The van der Waals surface area contributed by atoms with Gasteiger partial charge in [0.05, 0.1) is 5.56 Å². The Morgan fingerprint density at radius 1 is 1.36 bits per heavy atom. The molecule has 78 valence electrons. The lowest BCUT2D eigenvalue weighted by Gasteiger charge is -2.12. The third-order valence-electron chi connectivity index (χ3n) is 1.72. The van der Waals surface area contributed by atoms with Gasteiger partial charge in [-0.25, -0.2) is 0 Å². The summed E-state index contributed by atoms with van der Waals surface area (Å²) in [4.78, 5) is 0.283. The van der Waals surface area contributed by atoms with Crippen molar-refractivity contribution in [3.63, 3.8) is 0 Å². The van der Waals surface area contributed by atoms with E-state index in [0.717, 1.165) is 11.8 Å². The summed E-state index contributed by atoms with van der Waals surface area (Å²) >= 11 is 3.17. The van der Waals surface area contributed by atoms with Gasteiger partial charge >= 0.3 is 6.18 Å². The monoisotopic (exact) mass is 332 g/mol. The minimum absolute atomic E-state index is 0.283. The van der Waals surface area contributed by atoms with E-state index >= 15 is 0 Å². The topological polar surface area (TPSA) is 0 Å². The Kier molecular flexibility index (Phi) is 4.12. The first kappa shape index (κ1) is 12.2. The number of rotatable bonds is 2. The van der Waals surface area contributed by atoms with Crippen LogP contribution in [0.15, 0.2) is 23.1 Å². The van der Waals surface area contributed by atoms with Crippen molar-refractivity contribution in [2.45, 2.75) is 15.5 Å². The maximum absolute atomic E-state index is 12.5. The lowest BCUT2D eigenvalue weighted by atomic mass is 10.1. The summed E-state index contributed by atoms with van der Waals surface area (Å²) in [7, 11) is 0. The first-order valence-electron chi connectivity index (χ1n) is 3.79. The molecule has 0 fully saturated rings. The van der Waals surface area contributed by atoms with Gasteiger partial charge in [0.25, 0.3) is 0 Å². The molecule has 0 nitrogen and oxygen atoms in total. The van der Waals surface area contributed by atoms with Gasteiger partial charge in [-0.15, -0.1) is 11.8 Å². The number of halogens is 4. The van der Waals surface area contributed by atoms with Gasteiger partial charge in [0, 0.05) is 9.32 Å². The molecule has 0 heterocycles. The van der Waals surface area contributed by atoms with Crippen LogP contribution in [0.4, 0.5) is 13.2 Å². The highest BCUT2D eigenvalue weighted by Gasteiger charge is 2.33. The number of hydrogen-bond acceptors (Lipinski definition) is 1. The Morgan fingerprint density at radius 3 is 2.43 bits per heavy atom. The molecular formula is C9H8F3IS. The number of thioether (sulfide) groups is 1. The molecule has 0 amide bonds. The summed E-state index contributed by atoms with van der Waals surface area (Å²) in [5.41, 5.74) is 0.176. The summed E-state index contributed by atoms with van der Waals surface area (Å²) in [6.45, 7) is 0. The molecular weight excluding hydrogens is 324 g/mol. The second kappa shape index (κ2) is 4.74. The standard InChI is InChI=1S/C9H8F3IS/c1-14-8-3-2-6(5-13)4-7(8)9(10,11)12/h2-4H,5H2,1H3. The van der Waals surface area contributed by atoms with Crippen molar-refractivity contribution in [1.82, 2.24) is 0 Å². The molecule has 0 aliphatic heterocycles. The van der Waals surface area contributed by atoms with Crippen LogP contribution in [0.5, 0.6) is 0 Å². The largest absolute Gasteiger partial charge is 0.417 e. The Labute approximate surface area is 98.4 Å². The molecule has 5 heteroatoms. The van der Waals surface area contributed by atoms with Crippen molar-refractivity contribution in [2.75, 3.05) is 6.26 Å². The number of alkyl halides is 4. The van der Waals surface area contributed by atoms with Crippen molar-refractivity contribution in [1.29, 1.82) is 0 Å². The van der Waals surface area contributed by atoms with E-state index in [1.807, 2.05) is 22.6 Å². The van der Waals surface area contributed by atoms with Gasteiger partial charge in [0.2, 0.25) is 0 Å². The van der Waals surface area contributed by atoms with Gasteiger partial charge < -0.3 is 0 Å². The van der Waals surface area contributed by atoms with E-state index in [0.29, 0.717) is 9.99 Å². The first-order chi connectivity index (χ1) is 6.49. The third-order valence-corrected chi connectivity index (χ3v) is 3.40. The molecule has 0 saturated carbocycles. The van der Waals surface area contributed by atoms with Crippen LogP contribution >= 0.6 is 34.4 Å². The summed E-state index contributed by atoms with van der Waals surface area (Å²) in [5.74, 6) is 0. The van der Waals surface area contributed by atoms with Crippen LogP contribution in [0, 0.1) is 0 Å². The molecule has 1 aromatic carbocycles. The van der Waals surface area contributed by atoms with Crippen LogP contribution in [0.3, 0.4) is 0 Å². The molecule has 1 rings (SSSR count). The normalized spacial score (nSPS) is 11.8. The highest BCUT2D eigenvalue weighted by molar-refractivity contribution is 14.1. The molecule has 0 aliphatic rings. The molecule has 0 unspecified atom stereocenters. The van der Waals surface area contributed by atoms with Gasteiger partial charge in [-0.2, -0.15) is 13.2 Å². The average molecular weight is 332 g/mol. The lowest BCUT2D eigenvalue weighted by Crippen LogP contribution is -2.07. The van der Waals surface area contributed by atoms with E-state index in [1.54, 1.807) is 12.3 Å². The smallest absolute Gasteiger partial charge is 0.166 e. The Hall–Kier alpha value is 0.0900. The molecule has 0 atom stereocenters. The Bertz CT molecular complexity index is 322. The zero-order valence-electron chi connectivity index (χ0n) is 7.36. The predicted molar refractivity (Wildman–Crippen MR) is 60.9 cm³/mol. The lowest BCUT2D eigenvalue weighted by molar-refractivity contribution is -0.139. The van der Waals surface area contributed by atoms with Crippen LogP contribution in [0.25, 0.3) is 0 Å². The molecule has 0 radical (unpaired) electrons. The van der Waals surface area contributed by atoms with Gasteiger partial charge in [-0.3, -0.25) is 0 Å². The molecule has 0 aromatic heterocycles. The van der Waals surface area contributed by atoms with Gasteiger partial charge in [0.1, 0.15) is 0 Å². The van der Waals surface area contributed by atoms with Crippen molar-refractivity contribution in [2.24, 2.45) is 0 Å². The highest BCUT2D eigenvalue weighted by atomic mass is 127. The second-order valence-electron chi connectivity index (χ2n) is 2.67. The van der Waals surface area contributed by atoms with Crippen LogP contribution in [0.2, 0.25) is 0 Å². The molecule has 0 aliphatic carbocycles. The Balaban J connectivity index is 3.22. The van der Waals surface area contributed by atoms with Crippen molar-refractivity contribution < 1.29 is 13.2 Å². The highest BCUT2D eigenvalue weighted by Crippen LogP contribution is 2.36. The SMILES string of the molecule is CSc1ccc(CI)cc1C(F)(F)F. The van der Waals surface area contributed by atoms with Crippen LogP contribution in [0.1, 0.15) is 11.1 Å². The maximum atomic E-state index is 12.5. The average Bonchev–Trinajstić information content (AvgIpc) is 2.15. The van der Waals surface area contributed by atoms with E-state index in [2.05, 4.69) is 0 Å². The molecule has 0 N–H and O–H groups in total. The van der Waals surface area contributed by atoms with Gasteiger partial charge in [-0.05, 0) is 24.0 Å². The summed E-state index contributed by atoms with van der Waals surface area (Å²) in [6.07, 6.45) is -2.60. The molecule has 14 heavy (non-hydrogen) atoms. The minimum atomic E-state index is -4.25. The van der Waals surface area contributed by atoms with Crippen LogP contribution < -0.4 is 0 Å². The predicted octanol–water partition coefficient (Wildman–Crippen LogP) is 4.36. The fraction of sp³-hybridized carbons (Fsp3) is 0.333. The fourth-order valence-corrected chi connectivity index (χ4v) is 2.13. The van der Waals surface area contributed by atoms with E-state index < -0.39 is 11.7 Å². The number of benzene rings is 1. The van der Waals surface area contributed by atoms with Crippen molar-refractivity contribution in [3.8, 4) is 0 Å². The van der Waals surface area contributed by atoms with Crippen molar-refractivity contribution in [3.05, 3.63) is 29.3 Å². The molecule has 0 bridgehead atoms. The molecule has 0 spiro atoms. The quantitative estimate of drug-likeness (QED) is 0.440. The van der Waals surface area contributed by atoms with E-state index in [-0.39, 0.29) is 4.90 Å². The van der Waals surface area contributed by atoms with E-state index in [1.165, 1.54) is 12.1 Å². The molecule has 1 aromatic rings. The van der Waals surface area contributed by atoms with Gasteiger partial charge in [0.15, 0.2) is 0 Å². The fourth-order valence-electron chi connectivity index (χ4n) is 1.06.